The van der Waals surface area contributed by atoms with Crippen LogP contribution < -0.4 is 0 Å². The predicted molar refractivity (Wildman–Crippen MR) is 103 cm³/mol. The minimum atomic E-state index is -0.266. The van der Waals surface area contributed by atoms with Crippen LogP contribution in [0.2, 0.25) is 0 Å². The molecular formula is C21H25FN4. The van der Waals surface area contributed by atoms with Gasteiger partial charge in [-0.1, -0.05) is 30.3 Å². The Morgan fingerprint density at radius 2 is 1.81 bits per heavy atom. The molecule has 0 aliphatic carbocycles. The van der Waals surface area contributed by atoms with Crippen LogP contribution in [0.25, 0.3) is 11.0 Å². The molecule has 2 aromatic carbocycles. The molecule has 0 N–H and O–H groups in total. The summed E-state index contributed by atoms with van der Waals surface area (Å²) in [5.74, 6) is -0.266. The number of nitrogens with zero attached hydrogens (tertiary/aromatic N) is 4. The maximum Gasteiger partial charge on any atom is 0.151 e. The van der Waals surface area contributed by atoms with Crippen molar-refractivity contribution in [3.8, 4) is 0 Å². The SMILES string of the molecule is CN(C)C1CCN(Cc2ccc(Cn3cnc4c(F)cccc43)cc2)C1. The molecule has 1 saturated heterocycles. The lowest BCUT2D eigenvalue weighted by Gasteiger charge is -2.20. The number of halogens is 1. The minimum Gasteiger partial charge on any atom is -0.326 e. The van der Waals surface area contributed by atoms with Crippen molar-refractivity contribution in [2.24, 2.45) is 0 Å². The van der Waals surface area contributed by atoms with Crippen molar-refractivity contribution in [1.29, 1.82) is 0 Å². The standard InChI is InChI=1S/C21H25FN4/c1-24(2)18-10-11-25(14-18)12-16-6-8-17(9-7-16)13-26-15-23-21-19(22)4-3-5-20(21)26/h3-9,15,18H,10-14H2,1-2H3. The summed E-state index contributed by atoms with van der Waals surface area (Å²) in [6, 6.07) is 14.5. The molecule has 136 valence electrons. The molecule has 4 rings (SSSR count). The monoisotopic (exact) mass is 352 g/mol. The zero-order valence-electron chi connectivity index (χ0n) is 15.4. The second kappa shape index (κ2) is 7.17. The Labute approximate surface area is 153 Å². The van der Waals surface area contributed by atoms with E-state index in [1.54, 1.807) is 12.4 Å². The first-order chi connectivity index (χ1) is 12.6. The van der Waals surface area contributed by atoms with Crippen LogP contribution in [0.4, 0.5) is 4.39 Å². The largest absolute Gasteiger partial charge is 0.326 e. The van der Waals surface area contributed by atoms with Crippen LogP contribution in [-0.4, -0.2) is 52.6 Å². The third-order valence-corrected chi connectivity index (χ3v) is 5.36. The van der Waals surface area contributed by atoms with Crippen molar-refractivity contribution in [2.45, 2.75) is 25.6 Å². The van der Waals surface area contributed by atoms with Crippen molar-refractivity contribution in [1.82, 2.24) is 19.4 Å². The van der Waals surface area contributed by atoms with E-state index in [9.17, 15) is 4.39 Å². The summed E-state index contributed by atoms with van der Waals surface area (Å²) >= 11 is 0. The Morgan fingerprint density at radius 1 is 1.08 bits per heavy atom. The van der Waals surface area contributed by atoms with Gasteiger partial charge in [-0.05, 0) is 43.8 Å². The fraction of sp³-hybridized carbons (Fsp3) is 0.381. The lowest BCUT2D eigenvalue weighted by Crippen LogP contribution is -2.31. The van der Waals surface area contributed by atoms with E-state index in [2.05, 4.69) is 53.1 Å². The van der Waals surface area contributed by atoms with Crippen molar-refractivity contribution < 1.29 is 4.39 Å². The van der Waals surface area contributed by atoms with E-state index >= 15 is 0 Å². The van der Waals surface area contributed by atoms with Crippen LogP contribution >= 0.6 is 0 Å². The number of imidazole rings is 1. The molecule has 2 heterocycles. The zero-order chi connectivity index (χ0) is 18.1. The first-order valence-electron chi connectivity index (χ1n) is 9.16. The van der Waals surface area contributed by atoms with Crippen molar-refractivity contribution in [2.75, 3.05) is 27.2 Å². The van der Waals surface area contributed by atoms with Gasteiger partial charge in [-0.2, -0.15) is 0 Å². The molecule has 26 heavy (non-hydrogen) atoms. The number of fused-ring (bicyclic) bond motifs is 1. The van der Waals surface area contributed by atoms with Crippen molar-refractivity contribution >= 4 is 11.0 Å². The van der Waals surface area contributed by atoms with Gasteiger partial charge in [0.05, 0.1) is 11.8 Å². The third kappa shape index (κ3) is 3.50. The Hall–Kier alpha value is -2.24. The summed E-state index contributed by atoms with van der Waals surface area (Å²) < 4.78 is 15.8. The highest BCUT2D eigenvalue weighted by Gasteiger charge is 2.23. The van der Waals surface area contributed by atoms with Crippen LogP contribution in [-0.2, 0) is 13.1 Å². The van der Waals surface area contributed by atoms with Crippen molar-refractivity contribution in [3.05, 3.63) is 65.7 Å². The molecule has 0 bridgehead atoms. The quantitative estimate of drug-likeness (QED) is 0.704. The summed E-state index contributed by atoms with van der Waals surface area (Å²) in [4.78, 5) is 9.04. The van der Waals surface area contributed by atoms with E-state index < -0.39 is 0 Å². The zero-order valence-corrected chi connectivity index (χ0v) is 15.4. The Morgan fingerprint density at radius 3 is 2.50 bits per heavy atom. The molecule has 1 aliphatic rings. The summed E-state index contributed by atoms with van der Waals surface area (Å²) in [5.41, 5.74) is 3.81. The molecular weight excluding hydrogens is 327 g/mol. The topological polar surface area (TPSA) is 24.3 Å². The van der Waals surface area contributed by atoms with E-state index in [1.165, 1.54) is 23.6 Å². The first kappa shape index (κ1) is 17.2. The number of para-hydroxylation sites is 1. The number of rotatable bonds is 5. The second-order valence-electron chi connectivity index (χ2n) is 7.44. The maximum absolute atomic E-state index is 13.8. The molecule has 0 spiro atoms. The normalized spacial score (nSPS) is 18.2. The van der Waals surface area contributed by atoms with E-state index in [0.717, 1.165) is 25.2 Å². The summed E-state index contributed by atoms with van der Waals surface area (Å²) in [6.45, 7) is 4.01. The highest BCUT2D eigenvalue weighted by molar-refractivity contribution is 5.75. The molecule has 1 atom stereocenters. The molecule has 3 aromatic rings. The fourth-order valence-corrected chi connectivity index (χ4v) is 3.76. The molecule has 4 nitrogen and oxygen atoms in total. The van der Waals surface area contributed by atoms with Gasteiger partial charge in [0.1, 0.15) is 5.52 Å². The van der Waals surface area contributed by atoms with Crippen LogP contribution in [0.15, 0.2) is 48.8 Å². The van der Waals surface area contributed by atoms with Gasteiger partial charge in [-0.25, -0.2) is 9.37 Å². The fourth-order valence-electron chi connectivity index (χ4n) is 3.76. The maximum atomic E-state index is 13.8. The highest BCUT2D eigenvalue weighted by Crippen LogP contribution is 2.19. The lowest BCUT2D eigenvalue weighted by atomic mass is 10.1. The van der Waals surface area contributed by atoms with Crippen LogP contribution in [0.1, 0.15) is 17.5 Å². The average Bonchev–Trinajstić information content (AvgIpc) is 3.25. The number of hydrogen-bond donors (Lipinski definition) is 0. The summed E-state index contributed by atoms with van der Waals surface area (Å²) in [5, 5.41) is 0. The van der Waals surface area contributed by atoms with E-state index in [1.807, 2.05) is 10.6 Å². The van der Waals surface area contributed by atoms with Crippen LogP contribution in [0.3, 0.4) is 0 Å². The van der Waals surface area contributed by atoms with Gasteiger partial charge in [-0.15, -0.1) is 0 Å². The molecule has 1 unspecified atom stereocenters. The Balaban J connectivity index is 1.42. The van der Waals surface area contributed by atoms with Crippen molar-refractivity contribution in [3.63, 3.8) is 0 Å². The minimum absolute atomic E-state index is 0.266. The number of hydrogen-bond acceptors (Lipinski definition) is 3. The third-order valence-electron chi connectivity index (χ3n) is 5.36. The first-order valence-corrected chi connectivity index (χ1v) is 9.16. The molecule has 0 amide bonds. The summed E-state index contributed by atoms with van der Waals surface area (Å²) in [7, 11) is 4.32. The number of likely N-dealkylation sites (N-methyl/N-ethyl adjacent to an activating group) is 1. The van der Waals surface area contributed by atoms with Gasteiger partial charge in [0.2, 0.25) is 0 Å². The molecule has 1 aliphatic heterocycles. The van der Waals surface area contributed by atoms with Gasteiger partial charge in [0.15, 0.2) is 5.82 Å². The second-order valence-corrected chi connectivity index (χ2v) is 7.44. The average molecular weight is 352 g/mol. The molecule has 0 saturated carbocycles. The number of benzene rings is 2. The van der Waals surface area contributed by atoms with E-state index in [0.29, 0.717) is 18.1 Å². The van der Waals surface area contributed by atoms with Gasteiger partial charge < -0.3 is 9.47 Å². The smallest absolute Gasteiger partial charge is 0.151 e. The molecule has 0 radical (unpaired) electrons. The number of aromatic nitrogens is 2. The molecule has 1 fully saturated rings. The predicted octanol–water partition coefficient (Wildman–Crippen LogP) is 3.36. The van der Waals surface area contributed by atoms with Crippen LogP contribution in [0, 0.1) is 5.82 Å². The van der Waals surface area contributed by atoms with Gasteiger partial charge in [0.25, 0.3) is 0 Å². The molecule has 5 heteroatoms. The number of likely N-dealkylation sites (tertiary alicyclic amines) is 1. The highest BCUT2D eigenvalue weighted by atomic mass is 19.1. The van der Waals surface area contributed by atoms with E-state index in [-0.39, 0.29) is 5.82 Å². The Bertz CT molecular complexity index is 885. The summed E-state index contributed by atoms with van der Waals surface area (Å²) in [6.07, 6.45) is 2.96. The molecule has 1 aromatic heterocycles. The van der Waals surface area contributed by atoms with Gasteiger partial charge in [-0.3, -0.25) is 4.90 Å². The Kier molecular flexibility index (Phi) is 4.74. The van der Waals surface area contributed by atoms with Crippen LogP contribution in [0.5, 0.6) is 0 Å². The lowest BCUT2D eigenvalue weighted by molar-refractivity contribution is 0.264. The van der Waals surface area contributed by atoms with E-state index in [4.69, 9.17) is 0 Å². The van der Waals surface area contributed by atoms with Gasteiger partial charge >= 0.3 is 0 Å². The van der Waals surface area contributed by atoms with Gasteiger partial charge in [0, 0.05) is 32.2 Å².